The highest BCUT2D eigenvalue weighted by atomic mass is 32.2. The molecule has 1 aromatic carbocycles. The smallest absolute Gasteiger partial charge is 0.360 e. The van der Waals surface area contributed by atoms with Gasteiger partial charge < -0.3 is 9.84 Å². The average molecular weight is 408 g/mol. The third-order valence-corrected chi connectivity index (χ3v) is 4.46. The van der Waals surface area contributed by atoms with E-state index in [4.69, 9.17) is 4.52 Å². The topological polar surface area (TPSA) is 80.9 Å². The third-order valence-electron chi connectivity index (χ3n) is 3.55. The minimum atomic E-state index is -4.40. The molecule has 0 bridgehead atoms. The van der Waals surface area contributed by atoms with Crippen LogP contribution in [0.25, 0.3) is 11.4 Å². The van der Waals surface area contributed by atoms with Gasteiger partial charge in [0.15, 0.2) is 11.6 Å². The first-order valence-corrected chi connectivity index (χ1v) is 9.08. The van der Waals surface area contributed by atoms with Gasteiger partial charge in [-0.25, -0.2) is 9.97 Å². The Morgan fingerprint density at radius 2 is 1.86 bits per heavy atom. The summed E-state index contributed by atoms with van der Waals surface area (Å²) in [6.07, 6.45) is -4.40. The summed E-state index contributed by atoms with van der Waals surface area (Å²) in [6, 6.07) is 7.92. The van der Waals surface area contributed by atoms with Crippen molar-refractivity contribution in [1.29, 1.82) is 0 Å². The van der Waals surface area contributed by atoms with Crippen LogP contribution in [-0.2, 0) is 11.0 Å². The molecule has 3 rings (SSSR count). The lowest BCUT2D eigenvalue weighted by Gasteiger charge is -2.08. The minimum Gasteiger partial charge on any atom is -0.360 e. The van der Waals surface area contributed by atoms with Crippen LogP contribution in [0.15, 0.2) is 45.9 Å². The van der Waals surface area contributed by atoms with E-state index in [9.17, 15) is 18.0 Å². The van der Waals surface area contributed by atoms with Gasteiger partial charge in [-0.3, -0.25) is 4.79 Å². The number of rotatable bonds is 5. The highest BCUT2D eigenvalue weighted by molar-refractivity contribution is 7.99. The summed E-state index contributed by atoms with van der Waals surface area (Å²) in [6.45, 7) is 3.46. The van der Waals surface area contributed by atoms with Crippen molar-refractivity contribution in [2.75, 3.05) is 11.1 Å². The zero-order valence-corrected chi connectivity index (χ0v) is 15.7. The van der Waals surface area contributed by atoms with E-state index in [2.05, 4.69) is 20.4 Å². The van der Waals surface area contributed by atoms with E-state index in [0.717, 1.165) is 12.1 Å². The largest absolute Gasteiger partial charge is 0.416 e. The summed E-state index contributed by atoms with van der Waals surface area (Å²) in [5.74, 6) is 0.992. The molecule has 0 saturated heterocycles. The molecule has 2 aromatic heterocycles. The Balaban J connectivity index is 1.70. The van der Waals surface area contributed by atoms with E-state index in [0.29, 0.717) is 33.7 Å². The first-order valence-electron chi connectivity index (χ1n) is 8.10. The molecule has 6 nitrogen and oxygen atoms in total. The van der Waals surface area contributed by atoms with E-state index >= 15 is 0 Å². The van der Waals surface area contributed by atoms with E-state index in [1.807, 2.05) is 0 Å². The lowest BCUT2D eigenvalue weighted by atomic mass is 10.1. The van der Waals surface area contributed by atoms with E-state index in [1.54, 1.807) is 26.0 Å². The molecule has 3 aromatic rings. The Hall–Kier alpha value is -2.88. The number of aryl methyl sites for hydroxylation is 2. The van der Waals surface area contributed by atoms with Gasteiger partial charge in [-0.05, 0) is 32.0 Å². The van der Waals surface area contributed by atoms with Crippen LogP contribution in [0, 0.1) is 13.8 Å². The zero-order chi connectivity index (χ0) is 20.3. The zero-order valence-electron chi connectivity index (χ0n) is 14.9. The van der Waals surface area contributed by atoms with E-state index < -0.39 is 11.7 Å². The SMILES string of the molecule is Cc1cc(SCC(=O)Nc2cc(C)on2)nc(-c2ccc(C(F)(F)F)cc2)n1. The maximum Gasteiger partial charge on any atom is 0.416 e. The number of nitrogens with zero attached hydrogens (tertiary/aromatic N) is 3. The van der Waals surface area contributed by atoms with Crippen LogP contribution >= 0.6 is 11.8 Å². The molecule has 0 aliphatic carbocycles. The van der Waals surface area contributed by atoms with Crippen molar-refractivity contribution in [3.63, 3.8) is 0 Å². The molecule has 0 saturated carbocycles. The van der Waals surface area contributed by atoms with Crippen molar-refractivity contribution >= 4 is 23.5 Å². The summed E-state index contributed by atoms with van der Waals surface area (Å²) in [7, 11) is 0. The fourth-order valence-corrected chi connectivity index (χ4v) is 3.05. The predicted octanol–water partition coefficient (Wildman–Crippen LogP) is 4.50. The number of alkyl halides is 3. The standard InChI is InChI=1S/C18H15F3N4O2S/c1-10-7-16(28-9-15(26)23-14-8-11(2)27-25-14)24-17(22-10)12-3-5-13(6-4-12)18(19,20)21/h3-8H,9H2,1-2H3,(H,23,25,26). The second-order valence-electron chi connectivity index (χ2n) is 5.91. The summed E-state index contributed by atoms with van der Waals surface area (Å²) < 4.78 is 43.0. The molecule has 2 heterocycles. The van der Waals surface area contributed by atoms with Gasteiger partial charge in [0, 0.05) is 17.3 Å². The first kappa shape index (κ1) is 19.9. The lowest BCUT2D eigenvalue weighted by molar-refractivity contribution is -0.137. The van der Waals surface area contributed by atoms with E-state index in [-0.39, 0.29) is 11.7 Å². The summed E-state index contributed by atoms with van der Waals surface area (Å²) >= 11 is 1.18. The fraction of sp³-hybridized carbons (Fsp3) is 0.222. The van der Waals surface area contributed by atoms with Crippen LogP contribution < -0.4 is 5.32 Å². The molecular weight excluding hydrogens is 393 g/mol. The van der Waals surface area contributed by atoms with Crippen molar-refractivity contribution in [2.45, 2.75) is 25.0 Å². The average Bonchev–Trinajstić information content (AvgIpc) is 3.03. The van der Waals surface area contributed by atoms with Crippen LogP contribution in [0.1, 0.15) is 17.0 Å². The number of halogens is 3. The number of aromatic nitrogens is 3. The highest BCUT2D eigenvalue weighted by Gasteiger charge is 2.30. The molecule has 28 heavy (non-hydrogen) atoms. The second kappa shape index (κ2) is 8.01. The van der Waals surface area contributed by atoms with Gasteiger partial charge >= 0.3 is 6.18 Å². The van der Waals surface area contributed by atoms with Gasteiger partial charge in [0.2, 0.25) is 5.91 Å². The Morgan fingerprint density at radius 3 is 2.46 bits per heavy atom. The molecule has 10 heteroatoms. The molecule has 0 unspecified atom stereocenters. The van der Waals surface area contributed by atoms with E-state index in [1.165, 1.54) is 23.9 Å². The highest BCUT2D eigenvalue weighted by Crippen LogP contribution is 2.30. The molecule has 0 aliphatic heterocycles. The quantitative estimate of drug-likeness (QED) is 0.495. The summed E-state index contributed by atoms with van der Waals surface area (Å²) in [4.78, 5) is 20.6. The van der Waals surface area contributed by atoms with Gasteiger partial charge in [0.05, 0.1) is 11.3 Å². The molecule has 1 N–H and O–H groups in total. The fourth-order valence-electron chi connectivity index (χ4n) is 2.29. The number of thioether (sulfide) groups is 1. The molecular formula is C18H15F3N4O2S. The van der Waals surface area contributed by atoms with Gasteiger partial charge in [-0.2, -0.15) is 13.2 Å². The molecule has 0 radical (unpaired) electrons. The maximum absolute atomic E-state index is 12.7. The van der Waals surface area contributed by atoms with Crippen molar-refractivity contribution in [1.82, 2.24) is 15.1 Å². The van der Waals surface area contributed by atoms with Crippen LogP contribution in [0.4, 0.5) is 19.0 Å². The number of amides is 1. The van der Waals surface area contributed by atoms with Crippen molar-refractivity contribution in [2.24, 2.45) is 0 Å². The van der Waals surface area contributed by atoms with Gasteiger partial charge in [0.25, 0.3) is 0 Å². The molecule has 146 valence electrons. The molecule has 1 amide bonds. The normalized spacial score (nSPS) is 11.5. The van der Waals surface area contributed by atoms with Crippen LogP contribution in [0.5, 0.6) is 0 Å². The number of hydrogen-bond acceptors (Lipinski definition) is 6. The Kier molecular flexibility index (Phi) is 5.68. The van der Waals surface area contributed by atoms with Gasteiger partial charge in [0.1, 0.15) is 10.8 Å². The predicted molar refractivity (Wildman–Crippen MR) is 97.8 cm³/mol. The Morgan fingerprint density at radius 1 is 1.14 bits per heavy atom. The molecule has 0 fully saturated rings. The maximum atomic E-state index is 12.7. The van der Waals surface area contributed by atoms with Crippen LogP contribution in [0.2, 0.25) is 0 Å². The number of hydrogen-bond donors (Lipinski definition) is 1. The van der Waals surface area contributed by atoms with Crippen molar-refractivity contribution in [3.8, 4) is 11.4 Å². The molecule has 0 atom stereocenters. The third kappa shape index (κ3) is 5.10. The minimum absolute atomic E-state index is 0.0782. The summed E-state index contributed by atoms with van der Waals surface area (Å²) in [5, 5.41) is 6.82. The molecule has 0 spiro atoms. The number of nitrogens with one attached hydrogen (secondary N) is 1. The van der Waals surface area contributed by atoms with Gasteiger partial charge in [-0.1, -0.05) is 29.1 Å². The first-order chi connectivity index (χ1) is 13.2. The number of carbonyl (C=O) groups excluding carboxylic acids is 1. The number of benzene rings is 1. The van der Waals surface area contributed by atoms with Crippen molar-refractivity contribution < 1.29 is 22.5 Å². The van der Waals surface area contributed by atoms with Crippen LogP contribution in [-0.4, -0.2) is 26.8 Å². The second-order valence-corrected chi connectivity index (χ2v) is 6.90. The van der Waals surface area contributed by atoms with Crippen LogP contribution in [0.3, 0.4) is 0 Å². The monoisotopic (exact) mass is 408 g/mol. The molecule has 0 aliphatic rings. The summed E-state index contributed by atoms with van der Waals surface area (Å²) in [5.41, 5.74) is 0.360. The Bertz CT molecular complexity index is 987. The number of anilines is 1. The Labute approximate surface area is 162 Å². The van der Waals surface area contributed by atoms with Gasteiger partial charge in [-0.15, -0.1) is 0 Å². The van der Waals surface area contributed by atoms with Crippen molar-refractivity contribution in [3.05, 3.63) is 53.4 Å². The lowest BCUT2D eigenvalue weighted by Crippen LogP contribution is -2.14. The number of carbonyl (C=O) groups is 1.